The minimum atomic E-state index is -0.452. The van der Waals surface area contributed by atoms with Crippen LogP contribution in [0.2, 0.25) is 0 Å². The molecule has 0 aromatic rings. The molecule has 0 aliphatic heterocycles. The summed E-state index contributed by atoms with van der Waals surface area (Å²) in [7, 11) is 3.24. The van der Waals surface area contributed by atoms with Gasteiger partial charge in [-0.25, -0.2) is 0 Å². The van der Waals surface area contributed by atoms with Crippen molar-refractivity contribution in [2.45, 2.75) is 70.8 Å². The molecule has 0 aliphatic rings. The van der Waals surface area contributed by atoms with Gasteiger partial charge in [-0.15, -0.1) is 0 Å². The first kappa shape index (κ1) is 28.6. The van der Waals surface area contributed by atoms with Crippen molar-refractivity contribution >= 4 is 17.5 Å². The summed E-state index contributed by atoms with van der Waals surface area (Å²) in [4.78, 5) is 35.6. The second-order valence-corrected chi connectivity index (χ2v) is 7.29. The molecule has 0 saturated heterocycles. The maximum absolute atomic E-state index is 12.0. The topological polar surface area (TPSA) is 100 Å². The van der Waals surface area contributed by atoms with E-state index in [-0.39, 0.29) is 17.5 Å². The molecule has 8 nitrogen and oxygen atoms in total. The number of hydrogen-bond acceptors (Lipinski definition) is 7. The number of Topliss-reactive ketones (excluding diaryl/α,β-unsaturated/α-hetero) is 2. The third-order valence-corrected chi connectivity index (χ3v) is 4.57. The number of carbonyl (C=O) groups is 3. The van der Waals surface area contributed by atoms with Gasteiger partial charge in [0.2, 0.25) is 5.91 Å². The van der Waals surface area contributed by atoms with Crippen molar-refractivity contribution in [1.29, 1.82) is 0 Å². The van der Waals surface area contributed by atoms with Gasteiger partial charge in [-0.1, -0.05) is 12.8 Å². The number of nitrogens with one attached hydrogen (secondary N) is 1. The Bertz CT molecular complexity index is 457. The van der Waals surface area contributed by atoms with Gasteiger partial charge >= 0.3 is 0 Å². The third kappa shape index (κ3) is 18.7. The van der Waals surface area contributed by atoms with Gasteiger partial charge in [0, 0.05) is 46.7 Å². The van der Waals surface area contributed by atoms with Gasteiger partial charge in [-0.05, 0) is 32.6 Å². The Morgan fingerprint density at radius 3 is 1.83 bits per heavy atom. The van der Waals surface area contributed by atoms with E-state index in [1.165, 1.54) is 6.92 Å². The number of carbonyl (C=O) groups excluding carboxylic acids is 3. The Kier molecular flexibility index (Phi) is 20.0. The Morgan fingerprint density at radius 2 is 1.27 bits per heavy atom. The van der Waals surface area contributed by atoms with E-state index in [4.69, 9.17) is 18.9 Å². The average molecular weight is 432 g/mol. The smallest absolute Gasteiger partial charge is 0.220 e. The van der Waals surface area contributed by atoms with E-state index in [2.05, 4.69) is 5.32 Å². The average Bonchev–Trinajstić information content (AvgIpc) is 2.71. The van der Waals surface area contributed by atoms with Crippen LogP contribution < -0.4 is 5.32 Å². The van der Waals surface area contributed by atoms with E-state index in [0.717, 1.165) is 25.7 Å². The summed E-state index contributed by atoms with van der Waals surface area (Å²) in [5.41, 5.74) is 0. The minimum absolute atomic E-state index is 0.0377. The molecule has 1 unspecified atom stereocenters. The lowest BCUT2D eigenvalue weighted by Gasteiger charge is -2.16. The minimum Gasteiger partial charge on any atom is -0.382 e. The van der Waals surface area contributed by atoms with Crippen LogP contribution in [-0.2, 0) is 33.3 Å². The van der Waals surface area contributed by atoms with Gasteiger partial charge in [0.05, 0.1) is 32.5 Å². The molecular formula is C22H41NO7. The molecule has 0 bridgehead atoms. The Balaban J connectivity index is 3.76. The van der Waals surface area contributed by atoms with Crippen molar-refractivity contribution in [1.82, 2.24) is 5.32 Å². The lowest BCUT2D eigenvalue weighted by Crippen LogP contribution is -2.39. The number of ketones is 2. The maximum Gasteiger partial charge on any atom is 0.220 e. The van der Waals surface area contributed by atoms with Crippen molar-refractivity contribution in [2.75, 3.05) is 53.9 Å². The second kappa shape index (κ2) is 20.9. The highest BCUT2D eigenvalue weighted by Crippen LogP contribution is 2.09. The first-order chi connectivity index (χ1) is 14.5. The summed E-state index contributed by atoms with van der Waals surface area (Å²) >= 11 is 0. The van der Waals surface area contributed by atoms with Crippen LogP contribution in [0.3, 0.4) is 0 Å². The number of hydrogen-bond donors (Lipinski definition) is 1. The molecule has 0 aromatic carbocycles. The molecule has 0 fully saturated rings. The van der Waals surface area contributed by atoms with Crippen LogP contribution in [0.4, 0.5) is 0 Å². The highest BCUT2D eigenvalue weighted by molar-refractivity contribution is 5.87. The molecule has 0 saturated carbocycles. The third-order valence-electron chi connectivity index (χ3n) is 4.57. The zero-order chi connectivity index (χ0) is 22.5. The molecule has 1 amide bonds. The zero-order valence-electron chi connectivity index (χ0n) is 19.0. The summed E-state index contributed by atoms with van der Waals surface area (Å²) in [6.45, 7) is 4.74. The fourth-order valence-corrected chi connectivity index (χ4v) is 2.81. The zero-order valence-corrected chi connectivity index (χ0v) is 19.0. The first-order valence-corrected chi connectivity index (χ1v) is 11.0. The standard InChI is InChI=1S/C22H41NO7/c1-19(24)21(23-22(26)12-8-14-30-18-16-28-3)11-6-4-5-9-20(25)10-7-13-29-17-15-27-2/h21H,4-18H2,1-3H3,(H,23,26). The van der Waals surface area contributed by atoms with Crippen LogP contribution in [0, 0.1) is 0 Å². The van der Waals surface area contributed by atoms with Crippen LogP contribution in [-0.4, -0.2) is 77.4 Å². The highest BCUT2D eigenvalue weighted by atomic mass is 16.5. The maximum atomic E-state index is 12.0. The van der Waals surface area contributed by atoms with E-state index in [1.807, 2.05) is 0 Å². The molecule has 176 valence electrons. The lowest BCUT2D eigenvalue weighted by atomic mass is 10.0. The largest absolute Gasteiger partial charge is 0.382 e. The highest BCUT2D eigenvalue weighted by Gasteiger charge is 2.16. The van der Waals surface area contributed by atoms with E-state index >= 15 is 0 Å². The summed E-state index contributed by atoms with van der Waals surface area (Å²) in [5.74, 6) is 0.0761. The summed E-state index contributed by atoms with van der Waals surface area (Å²) < 4.78 is 20.4. The van der Waals surface area contributed by atoms with Crippen LogP contribution in [0.1, 0.15) is 64.7 Å². The number of methoxy groups -OCH3 is 2. The van der Waals surface area contributed by atoms with Crippen molar-refractivity contribution in [3.8, 4) is 0 Å². The number of ether oxygens (including phenoxy) is 4. The van der Waals surface area contributed by atoms with Crippen molar-refractivity contribution < 1.29 is 33.3 Å². The van der Waals surface area contributed by atoms with Crippen LogP contribution >= 0.6 is 0 Å². The molecule has 8 heteroatoms. The fourth-order valence-electron chi connectivity index (χ4n) is 2.81. The molecule has 0 rings (SSSR count). The summed E-state index contributed by atoms with van der Waals surface area (Å²) in [5, 5.41) is 2.81. The van der Waals surface area contributed by atoms with E-state index in [9.17, 15) is 14.4 Å². The SMILES string of the molecule is COCCOCCCC(=O)CCCCCC(NC(=O)CCCOCCOC)C(C)=O. The predicted molar refractivity (Wildman–Crippen MR) is 115 cm³/mol. The van der Waals surface area contributed by atoms with Gasteiger partial charge in [0.25, 0.3) is 0 Å². The van der Waals surface area contributed by atoms with Gasteiger partial charge in [0.1, 0.15) is 5.78 Å². The molecule has 0 aliphatic carbocycles. The number of amides is 1. The number of unbranched alkanes of at least 4 members (excludes halogenated alkanes) is 2. The van der Waals surface area contributed by atoms with E-state index in [0.29, 0.717) is 71.7 Å². The molecule has 30 heavy (non-hydrogen) atoms. The van der Waals surface area contributed by atoms with Crippen molar-refractivity contribution in [3.63, 3.8) is 0 Å². The Morgan fingerprint density at radius 1 is 0.700 bits per heavy atom. The Labute approximate surface area is 181 Å². The first-order valence-electron chi connectivity index (χ1n) is 11.0. The van der Waals surface area contributed by atoms with E-state index in [1.54, 1.807) is 14.2 Å². The van der Waals surface area contributed by atoms with E-state index < -0.39 is 6.04 Å². The molecule has 0 spiro atoms. The fraction of sp³-hybridized carbons (Fsp3) is 0.864. The van der Waals surface area contributed by atoms with Gasteiger partial charge < -0.3 is 24.3 Å². The summed E-state index contributed by atoms with van der Waals surface area (Å²) in [6.07, 6.45) is 5.85. The molecular weight excluding hydrogens is 390 g/mol. The van der Waals surface area contributed by atoms with Gasteiger partial charge in [-0.2, -0.15) is 0 Å². The predicted octanol–water partition coefficient (Wildman–Crippen LogP) is 2.47. The normalized spacial score (nSPS) is 12.0. The molecule has 0 aromatic heterocycles. The van der Waals surface area contributed by atoms with Gasteiger partial charge in [-0.3, -0.25) is 14.4 Å². The molecule has 0 heterocycles. The number of rotatable bonds is 22. The molecule has 1 N–H and O–H groups in total. The Hall–Kier alpha value is -1.35. The van der Waals surface area contributed by atoms with Crippen molar-refractivity contribution in [2.24, 2.45) is 0 Å². The summed E-state index contributed by atoms with van der Waals surface area (Å²) in [6, 6.07) is -0.452. The molecule has 1 atom stereocenters. The molecule has 0 radical (unpaired) electrons. The van der Waals surface area contributed by atoms with Crippen LogP contribution in [0.25, 0.3) is 0 Å². The second-order valence-electron chi connectivity index (χ2n) is 7.29. The van der Waals surface area contributed by atoms with Crippen LogP contribution in [0.15, 0.2) is 0 Å². The lowest BCUT2D eigenvalue weighted by molar-refractivity contribution is -0.127. The quantitative estimate of drug-likeness (QED) is 0.263. The monoisotopic (exact) mass is 431 g/mol. The van der Waals surface area contributed by atoms with Crippen LogP contribution in [0.5, 0.6) is 0 Å². The van der Waals surface area contributed by atoms with Gasteiger partial charge in [0.15, 0.2) is 5.78 Å². The van der Waals surface area contributed by atoms with Crippen molar-refractivity contribution in [3.05, 3.63) is 0 Å².